The molecule has 120 valence electrons. The molecule has 0 saturated carbocycles. The number of hydrogen-bond acceptors (Lipinski definition) is 4. The second-order valence-corrected chi connectivity index (χ2v) is 6.27. The van der Waals surface area contributed by atoms with Gasteiger partial charge in [-0.1, -0.05) is 18.2 Å². The van der Waals surface area contributed by atoms with Crippen LogP contribution in [0.1, 0.15) is 6.42 Å². The predicted octanol–water partition coefficient (Wildman–Crippen LogP) is 3.97. The van der Waals surface area contributed by atoms with Crippen LogP contribution in [-0.2, 0) is 6.67 Å². The molecule has 0 aliphatic carbocycles. The van der Waals surface area contributed by atoms with Crippen LogP contribution in [0.2, 0.25) is 0 Å². The lowest BCUT2D eigenvalue weighted by atomic mass is 10.2. The van der Waals surface area contributed by atoms with Crippen molar-refractivity contribution in [2.24, 2.45) is 0 Å². The molecule has 0 saturated heterocycles. The molecule has 23 heavy (non-hydrogen) atoms. The Balaban J connectivity index is 1.40. The van der Waals surface area contributed by atoms with Gasteiger partial charge in [0.05, 0.1) is 19.0 Å². The zero-order chi connectivity index (χ0) is 15.9. The minimum absolute atomic E-state index is 0.730. The maximum atomic E-state index is 5.71. The summed E-state index contributed by atoms with van der Waals surface area (Å²) in [6.07, 6.45) is 3.02. The number of nitrogens with zero attached hydrogens (tertiary/aromatic N) is 3. The third-order valence-electron chi connectivity index (χ3n) is 3.54. The second kappa shape index (κ2) is 7.94. The topological polar surface area (TPSA) is 30.3 Å². The number of hydrogen-bond donors (Lipinski definition) is 0. The summed E-state index contributed by atoms with van der Waals surface area (Å²) in [6.45, 7) is 2.49. The predicted molar refractivity (Wildman–Crippen MR) is 94.7 cm³/mol. The minimum atomic E-state index is 0.730. The van der Waals surface area contributed by atoms with E-state index >= 15 is 0 Å². The van der Waals surface area contributed by atoms with Gasteiger partial charge >= 0.3 is 0 Å². The van der Waals surface area contributed by atoms with E-state index in [0.29, 0.717) is 0 Å². The highest BCUT2D eigenvalue weighted by molar-refractivity contribution is 7.08. The maximum Gasteiger partial charge on any atom is 0.119 e. The van der Waals surface area contributed by atoms with Crippen molar-refractivity contribution in [1.29, 1.82) is 0 Å². The highest BCUT2D eigenvalue weighted by Crippen LogP contribution is 2.19. The van der Waals surface area contributed by atoms with E-state index in [1.165, 1.54) is 5.56 Å². The van der Waals surface area contributed by atoms with Crippen molar-refractivity contribution < 1.29 is 4.74 Å². The summed E-state index contributed by atoms with van der Waals surface area (Å²) in [5.74, 6) is 0.933. The van der Waals surface area contributed by atoms with Crippen molar-refractivity contribution >= 4 is 11.3 Å². The summed E-state index contributed by atoms with van der Waals surface area (Å²) in [5.41, 5.74) is 2.22. The van der Waals surface area contributed by atoms with E-state index in [4.69, 9.17) is 4.74 Å². The second-order valence-electron chi connectivity index (χ2n) is 5.49. The van der Waals surface area contributed by atoms with Crippen molar-refractivity contribution in [3.8, 4) is 17.0 Å². The fraction of sp³-hybridized carbons (Fsp3) is 0.278. The van der Waals surface area contributed by atoms with E-state index in [1.807, 2.05) is 41.2 Å². The van der Waals surface area contributed by atoms with Gasteiger partial charge in [-0.25, -0.2) is 0 Å². The van der Waals surface area contributed by atoms with Crippen LogP contribution in [0.15, 0.2) is 59.4 Å². The summed E-state index contributed by atoms with van der Waals surface area (Å²) in [6, 6.07) is 14.1. The molecule has 3 aromatic rings. The van der Waals surface area contributed by atoms with Gasteiger partial charge in [0, 0.05) is 23.7 Å². The summed E-state index contributed by atoms with van der Waals surface area (Å²) in [4.78, 5) is 2.25. The van der Waals surface area contributed by atoms with E-state index in [9.17, 15) is 0 Å². The van der Waals surface area contributed by atoms with E-state index < -0.39 is 0 Å². The molecule has 0 atom stereocenters. The minimum Gasteiger partial charge on any atom is -0.494 e. The zero-order valence-corrected chi connectivity index (χ0v) is 14.1. The van der Waals surface area contributed by atoms with Crippen molar-refractivity contribution in [2.75, 3.05) is 20.2 Å². The molecule has 0 spiro atoms. The Labute approximate surface area is 140 Å². The SMILES string of the molecule is CN(CCCOc1ccccc1)Cn1ccc(-c2ccsc2)n1. The third-order valence-corrected chi connectivity index (χ3v) is 4.22. The first-order chi connectivity index (χ1) is 11.3. The number of aromatic nitrogens is 2. The Morgan fingerprint density at radius 3 is 2.83 bits per heavy atom. The average Bonchev–Trinajstić information content (AvgIpc) is 3.24. The average molecular weight is 327 g/mol. The van der Waals surface area contributed by atoms with Gasteiger partial charge in [-0.15, -0.1) is 0 Å². The third kappa shape index (κ3) is 4.68. The van der Waals surface area contributed by atoms with Crippen LogP contribution in [0, 0.1) is 0 Å². The Hall–Kier alpha value is -2.11. The van der Waals surface area contributed by atoms with Gasteiger partial charge in [0.2, 0.25) is 0 Å². The summed E-state index contributed by atoms with van der Waals surface area (Å²) >= 11 is 1.70. The molecule has 5 heteroatoms. The van der Waals surface area contributed by atoms with Gasteiger partial charge in [-0.3, -0.25) is 9.58 Å². The van der Waals surface area contributed by atoms with Crippen LogP contribution >= 0.6 is 11.3 Å². The van der Waals surface area contributed by atoms with Crippen LogP contribution < -0.4 is 4.74 Å². The van der Waals surface area contributed by atoms with E-state index in [-0.39, 0.29) is 0 Å². The van der Waals surface area contributed by atoms with Gasteiger partial charge in [0.15, 0.2) is 0 Å². The molecule has 0 amide bonds. The Morgan fingerprint density at radius 1 is 1.17 bits per heavy atom. The molecule has 4 nitrogen and oxygen atoms in total. The monoisotopic (exact) mass is 327 g/mol. The van der Waals surface area contributed by atoms with Gasteiger partial charge in [0.25, 0.3) is 0 Å². The largest absolute Gasteiger partial charge is 0.494 e. The Kier molecular flexibility index (Phi) is 5.45. The lowest BCUT2D eigenvalue weighted by Gasteiger charge is -2.16. The van der Waals surface area contributed by atoms with Gasteiger partial charge in [-0.2, -0.15) is 16.4 Å². The van der Waals surface area contributed by atoms with Crippen LogP contribution in [0.3, 0.4) is 0 Å². The van der Waals surface area contributed by atoms with Crippen molar-refractivity contribution in [1.82, 2.24) is 14.7 Å². The van der Waals surface area contributed by atoms with E-state index in [1.54, 1.807) is 11.3 Å². The lowest BCUT2D eigenvalue weighted by molar-refractivity contribution is 0.223. The molecule has 2 aromatic heterocycles. The van der Waals surface area contributed by atoms with E-state index in [2.05, 4.69) is 39.9 Å². The van der Waals surface area contributed by atoms with Crippen molar-refractivity contribution in [3.05, 3.63) is 59.4 Å². The van der Waals surface area contributed by atoms with Gasteiger partial charge in [0.1, 0.15) is 5.75 Å². The summed E-state index contributed by atoms with van der Waals surface area (Å²) in [5, 5.41) is 8.82. The molecule has 0 fully saturated rings. The molecule has 0 aliphatic rings. The molecule has 0 aliphatic heterocycles. The first kappa shape index (κ1) is 15.8. The quantitative estimate of drug-likeness (QED) is 0.587. The van der Waals surface area contributed by atoms with Crippen LogP contribution in [0.25, 0.3) is 11.3 Å². The zero-order valence-electron chi connectivity index (χ0n) is 13.3. The molecule has 3 rings (SSSR count). The highest BCUT2D eigenvalue weighted by Gasteiger charge is 2.05. The van der Waals surface area contributed by atoms with E-state index in [0.717, 1.165) is 37.7 Å². The Bertz CT molecular complexity index is 694. The normalized spacial score (nSPS) is 11.0. The molecular weight excluding hydrogens is 306 g/mol. The van der Waals surface area contributed by atoms with Crippen molar-refractivity contribution in [2.45, 2.75) is 13.1 Å². The van der Waals surface area contributed by atoms with Crippen LogP contribution in [-0.4, -0.2) is 34.9 Å². The molecule has 0 unspecified atom stereocenters. The molecular formula is C18H21N3OS. The maximum absolute atomic E-state index is 5.71. The van der Waals surface area contributed by atoms with Crippen LogP contribution in [0.4, 0.5) is 0 Å². The highest BCUT2D eigenvalue weighted by atomic mass is 32.1. The summed E-state index contributed by atoms with van der Waals surface area (Å²) < 4.78 is 7.69. The number of ether oxygens (including phenoxy) is 1. The molecule has 0 radical (unpaired) electrons. The lowest BCUT2D eigenvalue weighted by Crippen LogP contribution is -2.24. The number of rotatable bonds is 8. The first-order valence-electron chi connectivity index (χ1n) is 7.74. The number of thiophene rings is 1. The summed E-state index contributed by atoms with van der Waals surface area (Å²) in [7, 11) is 2.11. The van der Waals surface area contributed by atoms with Gasteiger partial charge < -0.3 is 4.74 Å². The number of para-hydroxylation sites is 1. The smallest absolute Gasteiger partial charge is 0.119 e. The molecule has 0 bridgehead atoms. The standard InChI is InChI=1S/C18H21N3OS/c1-20(10-5-12-22-17-6-3-2-4-7-17)15-21-11-8-18(19-21)16-9-13-23-14-16/h2-4,6-9,11,13-14H,5,10,12,15H2,1H3. The van der Waals surface area contributed by atoms with Gasteiger partial charge in [-0.05, 0) is 43.1 Å². The number of benzene rings is 1. The van der Waals surface area contributed by atoms with Crippen molar-refractivity contribution in [3.63, 3.8) is 0 Å². The molecule has 1 aromatic carbocycles. The van der Waals surface area contributed by atoms with Crippen LogP contribution in [0.5, 0.6) is 5.75 Å². The molecule has 0 N–H and O–H groups in total. The fourth-order valence-corrected chi connectivity index (χ4v) is 3.01. The Morgan fingerprint density at radius 2 is 2.04 bits per heavy atom. The molecule has 2 heterocycles. The fourth-order valence-electron chi connectivity index (χ4n) is 2.36. The first-order valence-corrected chi connectivity index (χ1v) is 8.68.